The monoisotopic (exact) mass is 418 g/mol. The summed E-state index contributed by atoms with van der Waals surface area (Å²) in [5.41, 5.74) is -0.0218. The molecule has 2 rings (SSSR count). The van der Waals surface area contributed by atoms with Crippen LogP contribution >= 0.6 is 15.9 Å². The van der Waals surface area contributed by atoms with E-state index in [2.05, 4.69) is 25.4 Å². The molecule has 0 spiro atoms. The normalized spacial score (nSPS) is 9.64. The van der Waals surface area contributed by atoms with Crippen LogP contribution in [0.4, 0.5) is 8.78 Å². The number of carboxylic acid groups (broad SMARTS) is 2. The molecular weight excluding hydrogens is 406 g/mol. The number of halogens is 3. The quantitative estimate of drug-likeness (QED) is 0.783. The Morgan fingerprint density at radius 3 is 1.96 bits per heavy atom. The van der Waals surface area contributed by atoms with Crippen molar-refractivity contribution in [2.75, 3.05) is 14.2 Å². The van der Waals surface area contributed by atoms with E-state index < -0.39 is 23.6 Å². The summed E-state index contributed by atoms with van der Waals surface area (Å²) in [4.78, 5) is 21.0. The zero-order chi connectivity index (χ0) is 19.1. The molecule has 0 aliphatic carbocycles. The first-order valence-electron chi connectivity index (χ1n) is 6.54. The summed E-state index contributed by atoms with van der Waals surface area (Å²) in [5, 5.41) is 17.2. The van der Waals surface area contributed by atoms with E-state index in [1.54, 1.807) is 0 Å². The van der Waals surface area contributed by atoms with Crippen molar-refractivity contribution in [1.82, 2.24) is 0 Å². The number of rotatable bonds is 4. The van der Waals surface area contributed by atoms with Gasteiger partial charge in [0, 0.05) is 4.47 Å². The lowest BCUT2D eigenvalue weighted by molar-refractivity contribution is 0.0685. The maximum atomic E-state index is 12.9. The first-order chi connectivity index (χ1) is 11.7. The van der Waals surface area contributed by atoms with E-state index in [1.165, 1.54) is 20.3 Å². The molecule has 0 aliphatic rings. The van der Waals surface area contributed by atoms with Gasteiger partial charge < -0.3 is 19.7 Å². The molecule has 2 aromatic rings. The molecule has 0 amide bonds. The molecule has 0 saturated carbocycles. The predicted octanol–water partition coefficient (Wildman–Crippen LogP) is 3.83. The second-order valence-electron chi connectivity index (χ2n) is 4.43. The Labute approximate surface area is 149 Å². The van der Waals surface area contributed by atoms with Crippen molar-refractivity contribution in [2.45, 2.75) is 0 Å². The van der Waals surface area contributed by atoms with Crippen molar-refractivity contribution < 1.29 is 38.1 Å². The van der Waals surface area contributed by atoms with Gasteiger partial charge in [-0.1, -0.05) is 0 Å². The summed E-state index contributed by atoms with van der Waals surface area (Å²) < 4.78 is 35.1. The second kappa shape index (κ2) is 8.97. The Kier molecular flexibility index (Phi) is 7.31. The molecule has 2 N–H and O–H groups in total. The number of hydrogen-bond acceptors (Lipinski definition) is 4. The molecule has 0 bridgehead atoms. The highest BCUT2D eigenvalue weighted by Crippen LogP contribution is 2.25. The molecule has 2 aromatic carbocycles. The van der Waals surface area contributed by atoms with Gasteiger partial charge in [0.15, 0.2) is 23.1 Å². The van der Waals surface area contributed by atoms with Gasteiger partial charge in [-0.05, 0) is 46.3 Å². The number of hydrogen-bond donors (Lipinski definition) is 2. The van der Waals surface area contributed by atoms with Gasteiger partial charge in [-0.25, -0.2) is 18.4 Å². The van der Waals surface area contributed by atoms with Crippen LogP contribution in [0, 0.1) is 11.6 Å². The summed E-state index contributed by atoms with van der Waals surface area (Å²) in [6.45, 7) is 0. The van der Waals surface area contributed by atoms with Crippen LogP contribution in [0.15, 0.2) is 34.8 Å². The Morgan fingerprint density at radius 2 is 1.48 bits per heavy atom. The molecule has 25 heavy (non-hydrogen) atoms. The standard InChI is InChI=1S/C8H6BrFO3.C8H7FO3/c1-13-7-2-4(8(11)12)5(9)3-6(7)10;1-12-7-4-5(8(10)11)2-3-6(7)9/h2-3H,1H3,(H,11,12);2-4H,1H3,(H,10,11). The number of carboxylic acids is 2. The van der Waals surface area contributed by atoms with E-state index in [-0.39, 0.29) is 27.1 Å². The summed E-state index contributed by atoms with van der Waals surface area (Å²) in [5.74, 6) is -3.55. The van der Waals surface area contributed by atoms with Crippen LogP contribution in [0.2, 0.25) is 0 Å². The summed E-state index contributed by atoms with van der Waals surface area (Å²) in [7, 11) is 2.56. The highest BCUT2D eigenvalue weighted by Gasteiger charge is 2.13. The van der Waals surface area contributed by atoms with Gasteiger partial charge >= 0.3 is 11.9 Å². The molecule has 9 heteroatoms. The number of aromatic carboxylic acids is 2. The van der Waals surface area contributed by atoms with Crippen molar-refractivity contribution >= 4 is 27.9 Å². The minimum absolute atomic E-state index is 0.00764. The maximum Gasteiger partial charge on any atom is 0.336 e. The van der Waals surface area contributed by atoms with Crippen molar-refractivity contribution in [2.24, 2.45) is 0 Å². The summed E-state index contributed by atoms with van der Waals surface area (Å²) >= 11 is 2.93. The highest BCUT2D eigenvalue weighted by molar-refractivity contribution is 9.10. The molecule has 134 valence electrons. The van der Waals surface area contributed by atoms with E-state index in [0.29, 0.717) is 0 Å². The highest BCUT2D eigenvalue weighted by atomic mass is 79.9. The number of methoxy groups -OCH3 is 2. The van der Waals surface area contributed by atoms with E-state index >= 15 is 0 Å². The van der Waals surface area contributed by atoms with E-state index in [9.17, 15) is 18.4 Å². The molecular formula is C16H13BrF2O6. The molecule has 0 saturated heterocycles. The first-order valence-corrected chi connectivity index (χ1v) is 7.33. The minimum Gasteiger partial charge on any atom is -0.494 e. The van der Waals surface area contributed by atoms with Crippen molar-refractivity contribution in [3.8, 4) is 11.5 Å². The Bertz CT molecular complexity index is 794. The smallest absolute Gasteiger partial charge is 0.336 e. The maximum absolute atomic E-state index is 12.9. The number of ether oxygens (including phenoxy) is 2. The van der Waals surface area contributed by atoms with E-state index in [1.807, 2.05) is 0 Å². The summed E-state index contributed by atoms with van der Waals surface area (Å²) in [6.07, 6.45) is 0. The third-order valence-corrected chi connectivity index (χ3v) is 3.53. The topological polar surface area (TPSA) is 93.1 Å². The van der Waals surface area contributed by atoms with Gasteiger partial charge in [-0.3, -0.25) is 0 Å². The molecule has 0 fully saturated rings. The van der Waals surface area contributed by atoms with E-state index in [0.717, 1.165) is 24.3 Å². The zero-order valence-electron chi connectivity index (χ0n) is 13.0. The third-order valence-electron chi connectivity index (χ3n) is 2.87. The van der Waals surface area contributed by atoms with Crippen molar-refractivity contribution in [3.05, 3.63) is 57.6 Å². The second-order valence-corrected chi connectivity index (χ2v) is 5.28. The lowest BCUT2D eigenvalue weighted by atomic mass is 10.2. The lowest BCUT2D eigenvalue weighted by Crippen LogP contribution is -2.00. The van der Waals surface area contributed by atoms with Crippen LogP contribution in [0.5, 0.6) is 11.5 Å². The van der Waals surface area contributed by atoms with Crippen LogP contribution in [0.1, 0.15) is 20.7 Å². The Hall–Kier alpha value is -2.68. The molecule has 0 unspecified atom stereocenters. The van der Waals surface area contributed by atoms with Gasteiger partial charge in [0.05, 0.1) is 25.3 Å². The van der Waals surface area contributed by atoms with Gasteiger partial charge in [0.1, 0.15) is 0 Å². The van der Waals surface area contributed by atoms with Gasteiger partial charge in [0.2, 0.25) is 0 Å². The Balaban J connectivity index is 0.000000251. The summed E-state index contributed by atoms with van der Waals surface area (Å²) in [6, 6.07) is 5.56. The SMILES string of the molecule is COc1cc(C(=O)O)c(Br)cc1F.COc1cc(C(=O)O)ccc1F. The van der Waals surface area contributed by atoms with E-state index in [4.69, 9.17) is 10.2 Å². The number of carbonyl (C=O) groups is 2. The Morgan fingerprint density at radius 1 is 0.920 bits per heavy atom. The zero-order valence-corrected chi connectivity index (χ0v) is 14.6. The molecule has 0 heterocycles. The van der Waals surface area contributed by atoms with Gasteiger partial charge in [0.25, 0.3) is 0 Å². The van der Waals surface area contributed by atoms with Crippen molar-refractivity contribution in [3.63, 3.8) is 0 Å². The number of benzene rings is 2. The van der Waals surface area contributed by atoms with Crippen LogP contribution in [-0.2, 0) is 0 Å². The fourth-order valence-corrected chi connectivity index (χ4v) is 2.13. The minimum atomic E-state index is -1.13. The fraction of sp³-hybridized carbons (Fsp3) is 0.125. The fourth-order valence-electron chi connectivity index (χ4n) is 1.64. The molecule has 0 aliphatic heterocycles. The molecule has 0 atom stereocenters. The lowest BCUT2D eigenvalue weighted by Gasteiger charge is -2.04. The van der Waals surface area contributed by atoms with Crippen LogP contribution in [0.25, 0.3) is 0 Å². The van der Waals surface area contributed by atoms with Crippen LogP contribution < -0.4 is 9.47 Å². The van der Waals surface area contributed by atoms with Gasteiger partial charge in [-0.15, -0.1) is 0 Å². The van der Waals surface area contributed by atoms with Crippen LogP contribution in [0.3, 0.4) is 0 Å². The average molecular weight is 419 g/mol. The molecule has 0 aromatic heterocycles. The first kappa shape index (κ1) is 20.4. The van der Waals surface area contributed by atoms with Crippen molar-refractivity contribution in [1.29, 1.82) is 0 Å². The van der Waals surface area contributed by atoms with Gasteiger partial charge in [-0.2, -0.15) is 0 Å². The molecule has 6 nitrogen and oxygen atoms in total. The third kappa shape index (κ3) is 5.42. The molecule has 0 radical (unpaired) electrons. The average Bonchev–Trinajstić information content (AvgIpc) is 2.55. The predicted molar refractivity (Wildman–Crippen MR) is 87.5 cm³/mol. The largest absolute Gasteiger partial charge is 0.494 e. The van der Waals surface area contributed by atoms with Crippen LogP contribution in [-0.4, -0.2) is 36.4 Å².